The molecular formula is C14H20F4N2. The van der Waals surface area contributed by atoms with Crippen molar-refractivity contribution in [3.8, 4) is 0 Å². The van der Waals surface area contributed by atoms with Gasteiger partial charge in [-0.1, -0.05) is 6.92 Å². The number of hydrogen-bond acceptors (Lipinski definition) is 2. The number of nitrogens with zero attached hydrogens (tertiary/aromatic N) is 1. The first-order valence-corrected chi connectivity index (χ1v) is 6.47. The van der Waals surface area contributed by atoms with E-state index in [1.54, 1.807) is 13.8 Å². The van der Waals surface area contributed by atoms with Crippen LogP contribution in [-0.4, -0.2) is 26.3 Å². The number of alkyl halides is 3. The standard InChI is InChI=1S/C14H20F4N2/c1-5-19-10(3)11-7-12(15)9(2)6-13(11)20(4)8-14(16,17)18/h6-7,10,19H,5,8H2,1-4H3. The smallest absolute Gasteiger partial charge is 0.365 e. The van der Waals surface area contributed by atoms with Crippen LogP contribution in [0.2, 0.25) is 0 Å². The molecule has 6 heteroatoms. The van der Waals surface area contributed by atoms with Gasteiger partial charge in [0.05, 0.1) is 0 Å². The molecule has 0 aromatic heterocycles. The number of nitrogens with one attached hydrogen (secondary N) is 1. The Morgan fingerprint density at radius 1 is 1.30 bits per heavy atom. The van der Waals surface area contributed by atoms with E-state index in [0.717, 1.165) is 4.90 Å². The van der Waals surface area contributed by atoms with Crippen molar-refractivity contribution >= 4 is 5.69 Å². The monoisotopic (exact) mass is 292 g/mol. The minimum atomic E-state index is -4.30. The van der Waals surface area contributed by atoms with Gasteiger partial charge in [-0.25, -0.2) is 4.39 Å². The van der Waals surface area contributed by atoms with Crippen molar-refractivity contribution in [2.24, 2.45) is 0 Å². The van der Waals surface area contributed by atoms with Gasteiger partial charge in [-0.3, -0.25) is 0 Å². The average Bonchev–Trinajstić information content (AvgIpc) is 2.30. The second kappa shape index (κ2) is 6.43. The maximum atomic E-state index is 13.7. The topological polar surface area (TPSA) is 15.3 Å². The summed E-state index contributed by atoms with van der Waals surface area (Å²) in [5.41, 5.74) is 1.26. The summed E-state index contributed by atoms with van der Waals surface area (Å²) in [4.78, 5) is 1.11. The molecule has 0 fully saturated rings. The van der Waals surface area contributed by atoms with Crippen LogP contribution in [0.3, 0.4) is 0 Å². The molecule has 20 heavy (non-hydrogen) atoms. The van der Waals surface area contributed by atoms with Crippen molar-refractivity contribution in [3.63, 3.8) is 0 Å². The van der Waals surface area contributed by atoms with Gasteiger partial charge in [-0.15, -0.1) is 0 Å². The molecule has 0 aliphatic heterocycles. The highest BCUT2D eigenvalue weighted by atomic mass is 19.4. The summed E-state index contributed by atoms with van der Waals surface area (Å²) in [6.07, 6.45) is -4.30. The van der Waals surface area contributed by atoms with Gasteiger partial charge in [0.1, 0.15) is 12.4 Å². The van der Waals surface area contributed by atoms with E-state index in [0.29, 0.717) is 23.4 Å². The summed E-state index contributed by atoms with van der Waals surface area (Å²) >= 11 is 0. The number of benzene rings is 1. The van der Waals surface area contributed by atoms with Crippen molar-refractivity contribution in [2.75, 3.05) is 25.0 Å². The molecule has 0 saturated heterocycles. The number of anilines is 1. The zero-order valence-electron chi connectivity index (χ0n) is 12.1. The normalized spacial score (nSPS) is 13.4. The molecule has 1 unspecified atom stereocenters. The molecule has 0 amide bonds. The fourth-order valence-electron chi connectivity index (χ4n) is 2.13. The first-order valence-electron chi connectivity index (χ1n) is 6.47. The first kappa shape index (κ1) is 16.8. The van der Waals surface area contributed by atoms with Gasteiger partial charge in [-0.05, 0) is 43.7 Å². The number of aryl methyl sites for hydroxylation is 1. The van der Waals surface area contributed by atoms with Crippen molar-refractivity contribution in [1.82, 2.24) is 5.32 Å². The SMILES string of the molecule is CCNC(C)c1cc(F)c(C)cc1N(C)CC(F)(F)F. The Labute approximate surface area is 116 Å². The molecule has 1 aromatic carbocycles. The molecule has 0 aliphatic rings. The average molecular weight is 292 g/mol. The van der Waals surface area contributed by atoms with E-state index in [1.807, 2.05) is 6.92 Å². The van der Waals surface area contributed by atoms with Gasteiger partial charge < -0.3 is 10.2 Å². The summed E-state index contributed by atoms with van der Waals surface area (Å²) in [7, 11) is 1.36. The first-order chi connectivity index (χ1) is 9.15. The lowest BCUT2D eigenvalue weighted by Crippen LogP contribution is -2.32. The molecule has 1 aromatic rings. The highest BCUT2D eigenvalue weighted by molar-refractivity contribution is 5.56. The fraction of sp³-hybridized carbons (Fsp3) is 0.571. The lowest BCUT2D eigenvalue weighted by molar-refractivity contribution is -0.119. The van der Waals surface area contributed by atoms with Gasteiger partial charge in [-0.2, -0.15) is 13.2 Å². The van der Waals surface area contributed by atoms with Gasteiger partial charge >= 0.3 is 6.18 Å². The quantitative estimate of drug-likeness (QED) is 0.830. The Morgan fingerprint density at radius 2 is 1.90 bits per heavy atom. The number of halogens is 4. The zero-order valence-corrected chi connectivity index (χ0v) is 12.1. The summed E-state index contributed by atoms with van der Waals surface area (Å²) in [5, 5.41) is 3.09. The lowest BCUT2D eigenvalue weighted by atomic mass is 10.0. The largest absolute Gasteiger partial charge is 0.405 e. The van der Waals surface area contributed by atoms with Crippen molar-refractivity contribution < 1.29 is 17.6 Å². The van der Waals surface area contributed by atoms with E-state index < -0.39 is 18.5 Å². The second-order valence-electron chi connectivity index (χ2n) is 4.91. The Hall–Kier alpha value is -1.30. The van der Waals surface area contributed by atoms with E-state index in [1.165, 1.54) is 19.2 Å². The third-order valence-electron chi connectivity index (χ3n) is 3.11. The highest BCUT2D eigenvalue weighted by Crippen LogP contribution is 2.30. The molecule has 0 aliphatic carbocycles. The van der Waals surface area contributed by atoms with E-state index >= 15 is 0 Å². The molecule has 0 bridgehead atoms. The summed E-state index contributed by atoms with van der Waals surface area (Å²) in [6, 6.07) is 2.55. The molecule has 1 rings (SSSR count). The Bertz CT molecular complexity index is 457. The highest BCUT2D eigenvalue weighted by Gasteiger charge is 2.30. The molecule has 0 heterocycles. The van der Waals surface area contributed by atoms with Crippen molar-refractivity contribution in [3.05, 3.63) is 29.1 Å². The molecule has 0 spiro atoms. The van der Waals surface area contributed by atoms with Crippen LogP contribution in [0.5, 0.6) is 0 Å². The predicted molar refractivity (Wildman–Crippen MR) is 72.6 cm³/mol. The molecule has 0 saturated carbocycles. The molecule has 0 radical (unpaired) electrons. The maximum absolute atomic E-state index is 13.7. The van der Waals surface area contributed by atoms with Crippen LogP contribution in [0.1, 0.15) is 31.0 Å². The van der Waals surface area contributed by atoms with Crippen LogP contribution in [0, 0.1) is 12.7 Å². The number of hydrogen-bond donors (Lipinski definition) is 1. The minimum Gasteiger partial charge on any atom is -0.365 e. The third-order valence-corrected chi connectivity index (χ3v) is 3.11. The van der Waals surface area contributed by atoms with Crippen LogP contribution in [0.4, 0.5) is 23.2 Å². The fourth-order valence-corrected chi connectivity index (χ4v) is 2.13. The Morgan fingerprint density at radius 3 is 2.40 bits per heavy atom. The van der Waals surface area contributed by atoms with Crippen LogP contribution in [0.25, 0.3) is 0 Å². The van der Waals surface area contributed by atoms with Crippen molar-refractivity contribution in [1.29, 1.82) is 0 Å². The third kappa shape index (κ3) is 4.37. The van der Waals surface area contributed by atoms with E-state index in [9.17, 15) is 17.6 Å². The summed E-state index contributed by atoms with van der Waals surface area (Å²) in [6.45, 7) is 4.82. The van der Waals surface area contributed by atoms with Crippen LogP contribution in [-0.2, 0) is 0 Å². The Kier molecular flexibility index (Phi) is 5.39. The molecule has 1 atom stereocenters. The maximum Gasteiger partial charge on any atom is 0.405 e. The number of rotatable bonds is 5. The summed E-state index contributed by atoms with van der Waals surface area (Å²) in [5.74, 6) is -0.408. The molecule has 114 valence electrons. The molecule has 1 N–H and O–H groups in total. The van der Waals surface area contributed by atoms with Gasteiger partial charge in [0.15, 0.2) is 0 Å². The molecular weight excluding hydrogens is 272 g/mol. The van der Waals surface area contributed by atoms with Crippen LogP contribution >= 0.6 is 0 Å². The Balaban J connectivity index is 3.18. The van der Waals surface area contributed by atoms with Gasteiger partial charge in [0, 0.05) is 18.8 Å². The molecule has 2 nitrogen and oxygen atoms in total. The minimum absolute atomic E-state index is 0.221. The second-order valence-corrected chi connectivity index (χ2v) is 4.91. The van der Waals surface area contributed by atoms with Gasteiger partial charge in [0.2, 0.25) is 0 Å². The van der Waals surface area contributed by atoms with Gasteiger partial charge in [0.25, 0.3) is 0 Å². The van der Waals surface area contributed by atoms with Crippen LogP contribution in [0.15, 0.2) is 12.1 Å². The van der Waals surface area contributed by atoms with E-state index in [2.05, 4.69) is 5.32 Å². The predicted octanol–water partition coefficient (Wildman–Crippen LogP) is 3.80. The van der Waals surface area contributed by atoms with Crippen molar-refractivity contribution in [2.45, 2.75) is 33.0 Å². The zero-order chi connectivity index (χ0) is 15.5. The van der Waals surface area contributed by atoms with Crippen LogP contribution < -0.4 is 10.2 Å². The van der Waals surface area contributed by atoms with E-state index in [4.69, 9.17) is 0 Å². The lowest BCUT2D eigenvalue weighted by Gasteiger charge is -2.27. The van der Waals surface area contributed by atoms with E-state index in [-0.39, 0.29) is 6.04 Å². The summed E-state index contributed by atoms with van der Waals surface area (Å²) < 4.78 is 51.3.